The predicted molar refractivity (Wildman–Crippen MR) is 83.6 cm³/mol. The summed E-state index contributed by atoms with van der Waals surface area (Å²) in [6.45, 7) is 2.79. The highest BCUT2D eigenvalue weighted by Crippen LogP contribution is 2.16. The molecule has 0 saturated carbocycles. The quantitative estimate of drug-likeness (QED) is 0.889. The van der Waals surface area contributed by atoms with E-state index in [4.69, 9.17) is 10.5 Å². The number of benzene rings is 1. The van der Waals surface area contributed by atoms with Crippen LogP contribution < -0.4 is 10.5 Å². The van der Waals surface area contributed by atoms with Crippen molar-refractivity contribution in [3.05, 3.63) is 46.4 Å². The minimum absolute atomic E-state index is 0.116. The Morgan fingerprint density at radius 2 is 2.14 bits per heavy atom. The summed E-state index contributed by atoms with van der Waals surface area (Å²) in [4.78, 5) is 18.1. The number of hydrogen-bond donors (Lipinski definition) is 1. The van der Waals surface area contributed by atoms with Crippen molar-refractivity contribution in [2.24, 2.45) is 5.73 Å². The number of ether oxygens (including phenoxy) is 1. The first-order valence-electron chi connectivity index (χ1n) is 6.72. The molecule has 6 heteroatoms. The average molecular weight is 305 g/mol. The van der Waals surface area contributed by atoms with E-state index in [0.717, 1.165) is 10.8 Å². The Balaban J connectivity index is 1.84. The van der Waals surface area contributed by atoms with Crippen LogP contribution in [0.15, 0.2) is 35.7 Å². The number of aromatic nitrogens is 1. The van der Waals surface area contributed by atoms with Gasteiger partial charge in [0.2, 0.25) is 0 Å². The second-order valence-electron chi connectivity index (χ2n) is 4.75. The van der Waals surface area contributed by atoms with Gasteiger partial charge >= 0.3 is 0 Å². The van der Waals surface area contributed by atoms with Gasteiger partial charge in [-0.05, 0) is 19.1 Å². The van der Waals surface area contributed by atoms with Gasteiger partial charge < -0.3 is 15.4 Å². The van der Waals surface area contributed by atoms with Crippen LogP contribution in [0.25, 0.3) is 0 Å². The Bertz CT molecular complexity index is 584. The largest absolute Gasteiger partial charge is 0.492 e. The van der Waals surface area contributed by atoms with Crippen molar-refractivity contribution in [2.45, 2.75) is 13.0 Å². The topological polar surface area (TPSA) is 68.5 Å². The third-order valence-corrected chi connectivity index (χ3v) is 3.96. The lowest BCUT2D eigenvalue weighted by Gasteiger charge is -2.16. The molecule has 0 aliphatic heterocycles. The van der Waals surface area contributed by atoms with Gasteiger partial charge in [-0.25, -0.2) is 4.98 Å². The maximum absolute atomic E-state index is 12.2. The van der Waals surface area contributed by atoms with Gasteiger partial charge in [0.1, 0.15) is 23.1 Å². The van der Waals surface area contributed by atoms with Gasteiger partial charge in [0.25, 0.3) is 5.91 Å². The minimum Gasteiger partial charge on any atom is -0.492 e. The Morgan fingerprint density at radius 3 is 2.76 bits per heavy atom. The molecule has 2 N–H and O–H groups in total. The molecular formula is C15H19N3O2S. The predicted octanol–water partition coefficient (Wildman–Crippen LogP) is 2.31. The molecular weight excluding hydrogens is 286 g/mol. The number of hydrogen-bond acceptors (Lipinski definition) is 5. The van der Waals surface area contributed by atoms with Crippen LogP contribution in [0.3, 0.4) is 0 Å². The third kappa shape index (κ3) is 4.27. The maximum Gasteiger partial charge on any atom is 0.273 e. The number of nitrogens with two attached hydrogens (primary N) is 1. The number of para-hydroxylation sites is 1. The van der Waals surface area contributed by atoms with Gasteiger partial charge in [0.05, 0.1) is 12.6 Å². The van der Waals surface area contributed by atoms with Crippen molar-refractivity contribution in [1.29, 1.82) is 0 Å². The first-order valence-corrected chi connectivity index (χ1v) is 7.60. The molecule has 0 aliphatic carbocycles. The summed E-state index contributed by atoms with van der Waals surface area (Å²) in [6, 6.07) is 9.38. The van der Waals surface area contributed by atoms with Crippen LogP contribution in [-0.4, -0.2) is 36.0 Å². The van der Waals surface area contributed by atoms with Gasteiger partial charge in [0.15, 0.2) is 0 Å². The molecule has 5 nitrogen and oxygen atoms in total. The molecule has 112 valence electrons. The van der Waals surface area contributed by atoms with Gasteiger partial charge in [-0.3, -0.25) is 4.79 Å². The Morgan fingerprint density at radius 1 is 1.43 bits per heavy atom. The second kappa shape index (κ2) is 7.19. The SMILES string of the molecule is CC(N)c1nc(C(=O)N(C)CCOc2ccccc2)cs1. The van der Waals surface area contributed by atoms with E-state index in [1.54, 1.807) is 17.3 Å². The van der Waals surface area contributed by atoms with E-state index in [9.17, 15) is 4.79 Å². The summed E-state index contributed by atoms with van der Waals surface area (Å²) in [7, 11) is 1.74. The van der Waals surface area contributed by atoms with Crippen molar-refractivity contribution in [3.8, 4) is 5.75 Å². The smallest absolute Gasteiger partial charge is 0.273 e. The Labute approximate surface area is 128 Å². The van der Waals surface area contributed by atoms with Crippen LogP contribution in [0.2, 0.25) is 0 Å². The van der Waals surface area contributed by atoms with E-state index in [-0.39, 0.29) is 11.9 Å². The van der Waals surface area contributed by atoms with Crippen LogP contribution in [-0.2, 0) is 0 Å². The standard InChI is InChI=1S/C15H19N3O2S/c1-11(16)14-17-13(10-21-14)15(19)18(2)8-9-20-12-6-4-3-5-7-12/h3-7,10-11H,8-9,16H2,1-2H3. The highest BCUT2D eigenvalue weighted by atomic mass is 32.1. The number of carbonyl (C=O) groups is 1. The molecule has 0 fully saturated rings. The zero-order valence-electron chi connectivity index (χ0n) is 12.2. The van der Waals surface area contributed by atoms with Crippen molar-refractivity contribution < 1.29 is 9.53 Å². The molecule has 2 aromatic rings. The lowest BCUT2D eigenvalue weighted by molar-refractivity contribution is 0.0768. The Hall–Kier alpha value is -1.92. The van der Waals surface area contributed by atoms with Gasteiger partial charge in [0, 0.05) is 12.4 Å². The van der Waals surface area contributed by atoms with E-state index in [0.29, 0.717) is 18.8 Å². The maximum atomic E-state index is 12.2. The fourth-order valence-corrected chi connectivity index (χ4v) is 2.46. The minimum atomic E-state index is -0.150. The fraction of sp³-hybridized carbons (Fsp3) is 0.333. The summed E-state index contributed by atoms with van der Waals surface area (Å²) in [5, 5.41) is 2.52. The number of amides is 1. The number of rotatable bonds is 6. The third-order valence-electron chi connectivity index (χ3n) is 2.92. The summed E-state index contributed by atoms with van der Waals surface area (Å²) < 4.78 is 5.57. The van der Waals surface area contributed by atoms with Gasteiger partial charge in [-0.15, -0.1) is 11.3 Å². The van der Waals surface area contributed by atoms with E-state index >= 15 is 0 Å². The molecule has 0 spiro atoms. The molecule has 0 aliphatic rings. The molecule has 1 aromatic heterocycles. The van der Waals surface area contributed by atoms with Crippen LogP contribution in [0.1, 0.15) is 28.5 Å². The Kier molecular flexibility index (Phi) is 5.30. The number of carbonyl (C=O) groups excluding carboxylic acids is 1. The van der Waals surface area contributed by atoms with Crippen LogP contribution in [0.5, 0.6) is 5.75 Å². The molecule has 1 atom stereocenters. The van der Waals surface area contributed by atoms with E-state index in [1.807, 2.05) is 37.3 Å². The lowest BCUT2D eigenvalue weighted by Crippen LogP contribution is -2.31. The van der Waals surface area contributed by atoms with Crippen LogP contribution in [0, 0.1) is 0 Å². The number of nitrogens with zero attached hydrogens (tertiary/aromatic N) is 2. The molecule has 1 aromatic carbocycles. The summed E-state index contributed by atoms with van der Waals surface area (Å²) in [5.74, 6) is 0.682. The van der Waals surface area contributed by atoms with E-state index in [1.165, 1.54) is 11.3 Å². The van der Waals surface area contributed by atoms with E-state index in [2.05, 4.69) is 4.98 Å². The molecule has 1 heterocycles. The van der Waals surface area contributed by atoms with Crippen molar-refractivity contribution >= 4 is 17.2 Å². The van der Waals surface area contributed by atoms with Crippen molar-refractivity contribution in [1.82, 2.24) is 9.88 Å². The highest BCUT2D eigenvalue weighted by Gasteiger charge is 2.16. The van der Waals surface area contributed by atoms with Crippen molar-refractivity contribution in [2.75, 3.05) is 20.2 Å². The first kappa shape index (κ1) is 15.5. The van der Waals surface area contributed by atoms with Gasteiger partial charge in [-0.1, -0.05) is 18.2 Å². The number of thiazole rings is 1. The molecule has 0 bridgehead atoms. The second-order valence-corrected chi connectivity index (χ2v) is 5.64. The molecule has 2 rings (SSSR count). The normalized spacial score (nSPS) is 12.0. The molecule has 21 heavy (non-hydrogen) atoms. The number of likely N-dealkylation sites (N-methyl/N-ethyl adjacent to an activating group) is 1. The van der Waals surface area contributed by atoms with Crippen molar-refractivity contribution in [3.63, 3.8) is 0 Å². The fourth-order valence-electron chi connectivity index (χ4n) is 1.71. The average Bonchev–Trinajstić information content (AvgIpc) is 2.97. The zero-order chi connectivity index (χ0) is 15.2. The monoisotopic (exact) mass is 305 g/mol. The zero-order valence-corrected chi connectivity index (χ0v) is 13.0. The summed E-state index contributed by atoms with van der Waals surface area (Å²) in [5.41, 5.74) is 6.19. The molecule has 1 unspecified atom stereocenters. The first-order chi connectivity index (χ1) is 10.1. The summed E-state index contributed by atoms with van der Waals surface area (Å²) >= 11 is 1.41. The molecule has 0 radical (unpaired) electrons. The highest BCUT2D eigenvalue weighted by molar-refractivity contribution is 7.09. The van der Waals surface area contributed by atoms with E-state index < -0.39 is 0 Å². The lowest BCUT2D eigenvalue weighted by atomic mass is 10.3. The van der Waals surface area contributed by atoms with Crippen LogP contribution in [0.4, 0.5) is 0 Å². The van der Waals surface area contributed by atoms with Gasteiger partial charge in [-0.2, -0.15) is 0 Å². The molecule has 1 amide bonds. The summed E-state index contributed by atoms with van der Waals surface area (Å²) in [6.07, 6.45) is 0. The van der Waals surface area contributed by atoms with Crippen LogP contribution >= 0.6 is 11.3 Å². The molecule has 0 saturated heterocycles.